The number of hydrogen-bond donors (Lipinski definition) is 0. The minimum Gasteiger partial charge on any atom is -0.166 e. The van der Waals surface area contributed by atoms with Gasteiger partial charge in [-0.3, -0.25) is 0 Å². The molecule has 0 spiro atoms. The van der Waals surface area contributed by atoms with Crippen molar-refractivity contribution in [1.82, 2.24) is 0 Å². The molecule has 0 N–H and O–H groups in total. The maximum atomic E-state index is 12.8. The molecule has 0 unspecified atom stereocenters. The molecule has 0 radical (unpaired) electrons. The van der Waals surface area contributed by atoms with E-state index in [1.54, 1.807) is 26.0 Å². The van der Waals surface area contributed by atoms with Crippen LogP contribution in [0.3, 0.4) is 0 Å². The van der Waals surface area contributed by atoms with Crippen LogP contribution in [0.2, 0.25) is 0 Å². The first-order chi connectivity index (χ1) is 6.90. The molecule has 0 saturated carbocycles. The van der Waals surface area contributed by atoms with Gasteiger partial charge in [-0.05, 0) is 30.9 Å². The number of benzene rings is 1. The summed E-state index contributed by atoms with van der Waals surface area (Å²) in [5.74, 6) is 0. The zero-order valence-corrected chi connectivity index (χ0v) is 9.20. The van der Waals surface area contributed by atoms with Crippen LogP contribution in [0.4, 0.5) is 13.2 Å². The van der Waals surface area contributed by atoms with Gasteiger partial charge in [-0.15, -0.1) is 0 Å². The quantitative estimate of drug-likeness (QED) is 0.697. The molecule has 0 aliphatic heterocycles. The molecule has 84 valence electrons. The molecule has 0 atom stereocenters. The van der Waals surface area contributed by atoms with Crippen molar-refractivity contribution in [2.24, 2.45) is 0 Å². The summed E-state index contributed by atoms with van der Waals surface area (Å²) in [5.41, 5.74) is 1.27. The van der Waals surface area contributed by atoms with Gasteiger partial charge in [-0.2, -0.15) is 13.2 Å². The highest BCUT2D eigenvalue weighted by Crippen LogP contribution is 2.35. The normalized spacial score (nSPS) is 11.9. The van der Waals surface area contributed by atoms with Gasteiger partial charge < -0.3 is 0 Å². The highest BCUT2D eigenvalue weighted by molar-refractivity contribution is 5.41. The van der Waals surface area contributed by atoms with Gasteiger partial charge in [0, 0.05) is 0 Å². The van der Waals surface area contributed by atoms with Crippen LogP contribution < -0.4 is 0 Å². The number of alkyl halides is 3. The third-order valence-electron chi connectivity index (χ3n) is 2.49. The molecule has 0 heterocycles. The molecule has 0 saturated heterocycles. The van der Waals surface area contributed by atoms with Crippen LogP contribution in [0, 0.1) is 6.92 Å². The Bertz CT molecular complexity index is 325. The Balaban J connectivity index is 3.44. The molecule has 0 fully saturated rings. The maximum absolute atomic E-state index is 12.8. The lowest BCUT2D eigenvalue weighted by Crippen LogP contribution is -2.13. The summed E-state index contributed by atoms with van der Waals surface area (Å²) >= 11 is 0. The minimum absolute atomic E-state index is 0.402. The van der Waals surface area contributed by atoms with E-state index in [1.807, 2.05) is 6.92 Å². The van der Waals surface area contributed by atoms with Gasteiger partial charge in [0.25, 0.3) is 0 Å². The van der Waals surface area contributed by atoms with Crippen molar-refractivity contribution in [3.8, 4) is 0 Å². The van der Waals surface area contributed by atoms with Gasteiger partial charge >= 0.3 is 6.18 Å². The highest BCUT2D eigenvalue weighted by Gasteiger charge is 2.35. The number of halogens is 3. The zero-order chi connectivity index (χ0) is 11.6. The second-order valence-corrected chi connectivity index (χ2v) is 3.66. The zero-order valence-electron chi connectivity index (χ0n) is 9.20. The van der Waals surface area contributed by atoms with Crippen LogP contribution in [0.25, 0.3) is 0 Å². The van der Waals surface area contributed by atoms with Crippen LogP contribution in [-0.2, 0) is 19.0 Å². The maximum Gasteiger partial charge on any atom is 0.416 e. The van der Waals surface area contributed by atoms with Gasteiger partial charge in [0.05, 0.1) is 5.56 Å². The lowest BCUT2D eigenvalue weighted by molar-refractivity contribution is -0.138. The summed E-state index contributed by atoms with van der Waals surface area (Å²) in [6.07, 6.45) is -3.39. The molecule has 1 rings (SSSR count). The largest absolute Gasteiger partial charge is 0.416 e. The number of aryl methyl sites for hydroxylation is 3. The Morgan fingerprint density at radius 1 is 1.00 bits per heavy atom. The predicted molar refractivity (Wildman–Crippen MR) is 54.9 cm³/mol. The molecule has 1 aromatic carbocycles. The van der Waals surface area contributed by atoms with Gasteiger partial charge in [-0.25, -0.2) is 0 Å². The second-order valence-electron chi connectivity index (χ2n) is 3.66. The molecule has 3 heteroatoms. The molecule has 0 aromatic heterocycles. The van der Waals surface area contributed by atoms with Crippen molar-refractivity contribution in [2.75, 3.05) is 0 Å². The average Bonchev–Trinajstić information content (AvgIpc) is 2.14. The van der Waals surface area contributed by atoms with Gasteiger partial charge in [0.1, 0.15) is 0 Å². The molecule has 0 aliphatic carbocycles. The van der Waals surface area contributed by atoms with E-state index in [0.29, 0.717) is 24.0 Å². The first-order valence-electron chi connectivity index (χ1n) is 5.09. The SMILES string of the molecule is CCc1cc(C)cc(CC)c1C(F)(F)F. The van der Waals surface area contributed by atoms with E-state index in [1.165, 1.54) is 0 Å². The van der Waals surface area contributed by atoms with Crippen molar-refractivity contribution in [3.05, 3.63) is 34.4 Å². The van der Waals surface area contributed by atoms with Crippen LogP contribution in [-0.4, -0.2) is 0 Å². The second kappa shape index (κ2) is 4.25. The van der Waals surface area contributed by atoms with Crippen LogP contribution in [0.5, 0.6) is 0 Å². The molecule has 0 bridgehead atoms. The number of rotatable bonds is 2. The minimum atomic E-state index is -4.23. The van der Waals surface area contributed by atoms with Crippen molar-refractivity contribution < 1.29 is 13.2 Å². The standard InChI is InChI=1S/C12H15F3/c1-4-9-6-8(3)7-10(5-2)11(9)12(13,14)15/h6-7H,4-5H2,1-3H3. The van der Waals surface area contributed by atoms with Crippen LogP contribution in [0.1, 0.15) is 36.1 Å². The van der Waals surface area contributed by atoms with Crippen molar-refractivity contribution in [2.45, 2.75) is 39.8 Å². The Kier molecular flexibility index (Phi) is 3.42. The molecule has 1 aromatic rings. The summed E-state index contributed by atoms with van der Waals surface area (Å²) in [5, 5.41) is 0. The van der Waals surface area contributed by atoms with Crippen LogP contribution in [0.15, 0.2) is 12.1 Å². The van der Waals surface area contributed by atoms with E-state index in [9.17, 15) is 13.2 Å². The van der Waals surface area contributed by atoms with Gasteiger partial charge in [0.15, 0.2) is 0 Å². The van der Waals surface area contributed by atoms with Crippen molar-refractivity contribution in [1.29, 1.82) is 0 Å². The summed E-state index contributed by atoms with van der Waals surface area (Å²) in [4.78, 5) is 0. The summed E-state index contributed by atoms with van der Waals surface area (Å²) in [6, 6.07) is 3.25. The molecule has 0 amide bonds. The van der Waals surface area contributed by atoms with Gasteiger partial charge in [-0.1, -0.05) is 31.5 Å². The average molecular weight is 216 g/mol. The smallest absolute Gasteiger partial charge is 0.166 e. The first-order valence-corrected chi connectivity index (χ1v) is 5.09. The summed E-state index contributed by atoms with van der Waals surface area (Å²) in [7, 11) is 0. The monoisotopic (exact) mass is 216 g/mol. The Morgan fingerprint density at radius 3 is 1.67 bits per heavy atom. The first kappa shape index (κ1) is 12.1. The summed E-state index contributed by atoms with van der Waals surface area (Å²) in [6.45, 7) is 5.34. The van der Waals surface area contributed by atoms with E-state index in [4.69, 9.17) is 0 Å². The van der Waals surface area contributed by atoms with Crippen LogP contribution >= 0.6 is 0 Å². The fourth-order valence-electron chi connectivity index (χ4n) is 1.86. The number of hydrogen-bond acceptors (Lipinski definition) is 0. The molecule has 0 nitrogen and oxygen atoms in total. The predicted octanol–water partition coefficient (Wildman–Crippen LogP) is 4.14. The lowest BCUT2D eigenvalue weighted by atomic mass is 9.94. The van der Waals surface area contributed by atoms with E-state index < -0.39 is 11.7 Å². The molecular formula is C12H15F3. The molecule has 15 heavy (non-hydrogen) atoms. The Labute approximate surface area is 88.1 Å². The van der Waals surface area contributed by atoms with E-state index in [-0.39, 0.29) is 0 Å². The fourth-order valence-corrected chi connectivity index (χ4v) is 1.86. The Hall–Kier alpha value is -0.990. The summed E-state index contributed by atoms with van der Waals surface area (Å²) < 4.78 is 38.4. The van der Waals surface area contributed by atoms with E-state index in [2.05, 4.69) is 0 Å². The fraction of sp³-hybridized carbons (Fsp3) is 0.500. The molecule has 0 aliphatic rings. The highest BCUT2D eigenvalue weighted by atomic mass is 19.4. The lowest BCUT2D eigenvalue weighted by Gasteiger charge is -2.17. The van der Waals surface area contributed by atoms with E-state index in [0.717, 1.165) is 5.56 Å². The van der Waals surface area contributed by atoms with Crippen molar-refractivity contribution in [3.63, 3.8) is 0 Å². The third-order valence-corrected chi connectivity index (χ3v) is 2.49. The van der Waals surface area contributed by atoms with Gasteiger partial charge in [0.2, 0.25) is 0 Å². The van der Waals surface area contributed by atoms with Crippen molar-refractivity contribution >= 4 is 0 Å². The molecular weight excluding hydrogens is 201 g/mol. The Morgan fingerprint density at radius 2 is 1.40 bits per heavy atom. The van der Waals surface area contributed by atoms with E-state index >= 15 is 0 Å². The topological polar surface area (TPSA) is 0 Å². The third kappa shape index (κ3) is 2.52.